The van der Waals surface area contributed by atoms with E-state index in [1.807, 2.05) is 0 Å². The molecule has 2 atom stereocenters. The summed E-state index contributed by atoms with van der Waals surface area (Å²) in [5, 5.41) is 0.985. The minimum Gasteiger partial charge on any atom is -0.468 e. The van der Waals surface area contributed by atoms with Gasteiger partial charge in [-0.05, 0) is 25.0 Å². The number of hydroxylamine groups is 2. The van der Waals surface area contributed by atoms with Crippen molar-refractivity contribution in [3.63, 3.8) is 0 Å². The van der Waals surface area contributed by atoms with Crippen LogP contribution < -0.4 is 0 Å². The number of nitrogens with zero attached hydrogens (tertiary/aromatic N) is 2. The van der Waals surface area contributed by atoms with Gasteiger partial charge in [0.05, 0.1) is 12.9 Å². The smallest absolute Gasteiger partial charge is 0.221 e. The normalized spacial score (nSPS) is 30.2. The second-order valence-electron chi connectivity index (χ2n) is 4.99. The third-order valence-corrected chi connectivity index (χ3v) is 6.07. The summed E-state index contributed by atoms with van der Waals surface area (Å²) in [6.45, 7) is 1.42. The zero-order valence-corrected chi connectivity index (χ0v) is 11.7. The lowest BCUT2D eigenvalue weighted by Crippen LogP contribution is -2.40. The molecule has 2 saturated heterocycles. The van der Waals surface area contributed by atoms with Crippen molar-refractivity contribution in [1.29, 1.82) is 0 Å². The fourth-order valence-electron chi connectivity index (χ4n) is 2.80. The molecule has 2 fully saturated rings. The van der Waals surface area contributed by atoms with E-state index in [9.17, 15) is 8.42 Å². The summed E-state index contributed by atoms with van der Waals surface area (Å²) >= 11 is 0. The van der Waals surface area contributed by atoms with Crippen LogP contribution in [0.25, 0.3) is 0 Å². The van der Waals surface area contributed by atoms with E-state index in [4.69, 9.17) is 9.25 Å². The van der Waals surface area contributed by atoms with E-state index in [1.54, 1.807) is 34.8 Å². The molecule has 1 aromatic rings. The standard InChI is InChI=1S/C12H18N2O4S/c1-13-12(10-5-4-8-17-10)11(9-18-13)19(15,16)14-6-2-3-7-14/h4-5,8,11-12H,2-3,6-7,9H2,1H3. The summed E-state index contributed by atoms with van der Waals surface area (Å²) < 4.78 is 32.3. The van der Waals surface area contributed by atoms with Crippen LogP contribution >= 0.6 is 0 Å². The molecule has 19 heavy (non-hydrogen) atoms. The molecule has 0 N–H and O–H groups in total. The van der Waals surface area contributed by atoms with Gasteiger partial charge >= 0.3 is 0 Å². The second-order valence-corrected chi connectivity index (χ2v) is 7.14. The predicted octanol–water partition coefficient (Wildman–Crippen LogP) is 0.992. The van der Waals surface area contributed by atoms with Gasteiger partial charge in [-0.1, -0.05) is 0 Å². The molecule has 2 unspecified atom stereocenters. The van der Waals surface area contributed by atoms with Crippen LogP contribution in [0.2, 0.25) is 0 Å². The molecule has 0 spiro atoms. The van der Waals surface area contributed by atoms with Gasteiger partial charge in [-0.3, -0.25) is 4.84 Å². The Balaban J connectivity index is 1.90. The van der Waals surface area contributed by atoms with E-state index < -0.39 is 15.3 Å². The summed E-state index contributed by atoms with van der Waals surface area (Å²) in [6.07, 6.45) is 3.43. The molecule has 0 aliphatic carbocycles. The Kier molecular flexibility index (Phi) is 3.38. The van der Waals surface area contributed by atoms with E-state index in [2.05, 4.69) is 0 Å². The molecule has 0 amide bonds. The molecule has 0 bridgehead atoms. The van der Waals surface area contributed by atoms with Gasteiger partial charge in [0.2, 0.25) is 10.0 Å². The first-order valence-corrected chi connectivity index (χ1v) is 7.99. The van der Waals surface area contributed by atoms with Crippen molar-refractivity contribution in [2.75, 3.05) is 26.7 Å². The first-order chi connectivity index (χ1) is 9.10. The van der Waals surface area contributed by atoms with Gasteiger partial charge in [-0.2, -0.15) is 5.06 Å². The zero-order valence-electron chi connectivity index (χ0n) is 10.9. The molecule has 6 nitrogen and oxygen atoms in total. The van der Waals surface area contributed by atoms with Crippen LogP contribution in [0, 0.1) is 0 Å². The van der Waals surface area contributed by atoms with E-state index in [0.29, 0.717) is 18.8 Å². The highest BCUT2D eigenvalue weighted by Crippen LogP contribution is 2.35. The van der Waals surface area contributed by atoms with Gasteiger partial charge in [0, 0.05) is 20.1 Å². The van der Waals surface area contributed by atoms with Crippen LogP contribution in [0.15, 0.2) is 22.8 Å². The van der Waals surface area contributed by atoms with Gasteiger partial charge in [-0.15, -0.1) is 0 Å². The fourth-order valence-corrected chi connectivity index (χ4v) is 4.82. The first-order valence-electron chi connectivity index (χ1n) is 6.49. The Labute approximate surface area is 112 Å². The summed E-state index contributed by atoms with van der Waals surface area (Å²) in [7, 11) is -1.60. The van der Waals surface area contributed by atoms with Gasteiger partial charge in [-0.25, -0.2) is 12.7 Å². The molecular weight excluding hydrogens is 268 g/mol. The monoisotopic (exact) mass is 286 g/mol. The lowest BCUT2D eigenvalue weighted by molar-refractivity contribution is -0.113. The Morgan fingerprint density at radius 1 is 1.32 bits per heavy atom. The molecule has 1 aromatic heterocycles. The highest BCUT2D eigenvalue weighted by atomic mass is 32.2. The van der Waals surface area contributed by atoms with Crippen LogP contribution in [0.5, 0.6) is 0 Å². The zero-order chi connectivity index (χ0) is 13.5. The Hall–Kier alpha value is -0.890. The largest absolute Gasteiger partial charge is 0.468 e. The van der Waals surface area contributed by atoms with Gasteiger partial charge in [0.25, 0.3) is 0 Å². The Morgan fingerprint density at radius 2 is 2.05 bits per heavy atom. The third-order valence-electron chi connectivity index (χ3n) is 3.83. The maximum absolute atomic E-state index is 12.7. The average molecular weight is 286 g/mol. The summed E-state index contributed by atoms with van der Waals surface area (Å²) in [6, 6.07) is 3.18. The van der Waals surface area contributed by atoms with Crippen molar-refractivity contribution in [3.05, 3.63) is 24.2 Å². The van der Waals surface area contributed by atoms with Crippen molar-refractivity contribution in [1.82, 2.24) is 9.37 Å². The van der Waals surface area contributed by atoms with Gasteiger partial charge in [0.1, 0.15) is 17.1 Å². The minimum absolute atomic E-state index is 0.181. The summed E-state index contributed by atoms with van der Waals surface area (Å²) in [5.41, 5.74) is 0. The molecule has 2 aliphatic heterocycles. The fraction of sp³-hybridized carbons (Fsp3) is 0.667. The second kappa shape index (κ2) is 4.90. The predicted molar refractivity (Wildman–Crippen MR) is 68.7 cm³/mol. The van der Waals surface area contributed by atoms with Crippen molar-refractivity contribution in [2.24, 2.45) is 0 Å². The highest BCUT2D eigenvalue weighted by molar-refractivity contribution is 7.89. The number of hydrogen-bond donors (Lipinski definition) is 0. The van der Waals surface area contributed by atoms with Crippen molar-refractivity contribution >= 4 is 10.0 Å². The van der Waals surface area contributed by atoms with Crippen LogP contribution in [0.3, 0.4) is 0 Å². The quantitative estimate of drug-likeness (QED) is 0.829. The molecular formula is C12H18N2O4S. The molecule has 3 heterocycles. The van der Waals surface area contributed by atoms with Gasteiger partial charge in [0.15, 0.2) is 0 Å². The topological polar surface area (TPSA) is 63.0 Å². The van der Waals surface area contributed by atoms with Gasteiger partial charge < -0.3 is 4.42 Å². The number of hydrogen-bond acceptors (Lipinski definition) is 5. The van der Waals surface area contributed by atoms with E-state index in [0.717, 1.165) is 12.8 Å². The van der Waals surface area contributed by atoms with E-state index in [1.165, 1.54) is 0 Å². The molecule has 0 aromatic carbocycles. The maximum Gasteiger partial charge on any atom is 0.221 e. The highest BCUT2D eigenvalue weighted by Gasteiger charge is 2.47. The van der Waals surface area contributed by atoms with Crippen LogP contribution in [-0.4, -0.2) is 49.8 Å². The van der Waals surface area contributed by atoms with Crippen LogP contribution in [0.1, 0.15) is 24.6 Å². The lowest BCUT2D eigenvalue weighted by atomic mass is 10.2. The van der Waals surface area contributed by atoms with Crippen LogP contribution in [0.4, 0.5) is 0 Å². The molecule has 7 heteroatoms. The molecule has 106 valence electrons. The summed E-state index contributed by atoms with van der Waals surface area (Å²) in [4.78, 5) is 5.42. The first kappa shape index (κ1) is 13.1. The van der Waals surface area contributed by atoms with E-state index in [-0.39, 0.29) is 12.6 Å². The number of furan rings is 1. The summed E-state index contributed by atoms with van der Waals surface area (Å²) in [5.74, 6) is 0.632. The molecule has 3 rings (SSSR count). The van der Waals surface area contributed by atoms with Crippen molar-refractivity contribution < 1.29 is 17.7 Å². The minimum atomic E-state index is -3.34. The number of rotatable bonds is 3. The Bertz CT molecular complexity index is 522. The third kappa shape index (κ3) is 2.20. The van der Waals surface area contributed by atoms with Crippen molar-refractivity contribution in [2.45, 2.75) is 24.1 Å². The average Bonchev–Trinajstić information content (AvgIpc) is 3.10. The molecule has 2 aliphatic rings. The van der Waals surface area contributed by atoms with Crippen molar-refractivity contribution in [3.8, 4) is 0 Å². The lowest BCUT2D eigenvalue weighted by Gasteiger charge is -2.24. The Morgan fingerprint density at radius 3 is 2.68 bits per heavy atom. The molecule has 0 radical (unpaired) electrons. The SMILES string of the molecule is CN1OCC(S(=O)(=O)N2CCCC2)C1c1ccco1. The maximum atomic E-state index is 12.7. The molecule has 0 saturated carbocycles. The number of sulfonamides is 1. The van der Waals surface area contributed by atoms with E-state index >= 15 is 0 Å². The van der Waals surface area contributed by atoms with Crippen LogP contribution in [-0.2, 0) is 14.9 Å².